The van der Waals surface area contributed by atoms with Crippen molar-refractivity contribution in [2.45, 2.75) is 32.6 Å². The van der Waals surface area contributed by atoms with Gasteiger partial charge in [-0.3, -0.25) is 9.52 Å². The van der Waals surface area contributed by atoms with Gasteiger partial charge in [-0.2, -0.15) is 13.2 Å². The van der Waals surface area contributed by atoms with Gasteiger partial charge in [-0.05, 0) is 49.8 Å². The largest absolute Gasteiger partial charge is 0.433 e. The van der Waals surface area contributed by atoms with Gasteiger partial charge in [-0.1, -0.05) is 5.92 Å². The monoisotopic (exact) mass is 498 g/mol. The molecular formula is C22H22F4N4O3S. The molecule has 2 rings (SSSR count). The third-order valence-electron chi connectivity index (χ3n) is 4.12. The van der Waals surface area contributed by atoms with E-state index >= 15 is 0 Å². The van der Waals surface area contributed by atoms with Crippen molar-refractivity contribution in [2.75, 3.05) is 16.3 Å². The predicted molar refractivity (Wildman–Crippen MR) is 122 cm³/mol. The van der Waals surface area contributed by atoms with Crippen LogP contribution in [0.2, 0.25) is 0 Å². The first-order valence-corrected chi connectivity index (χ1v) is 11.7. The zero-order chi connectivity index (χ0) is 25.7. The first kappa shape index (κ1) is 26.7. The van der Waals surface area contributed by atoms with E-state index in [4.69, 9.17) is 6.42 Å². The molecule has 0 spiro atoms. The lowest BCUT2D eigenvalue weighted by molar-refractivity contribution is -0.141. The number of hydrogen-bond acceptors (Lipinski definition) is 5. The van der Waals surface area contributed by atoms with Crippen molar-refractivity contribution in [1.82, 2.24) is 10.3 Å². The average Bonchev–Trinajstić information content (AvgIpc) is 2.70. The number of aromatic nitrogens is 1. The third kappa shape index (κ3) is 7.77. The van der Waals surface area contributed by atoms with Crippen LogP contribution in [-0.2, 0) is 27.5 Å². The molecule has 182 valence electrons. The quantitative estimate of drug-likeness (QED) is 0.293. The summed E-state index contributed by atoms with van der Waals surface area (Å²) in [6, 6.07) is 4.14. The van der Waals surface area contributed by atoms with Crippen LogP contribution in [0.5, 0.6) is 0 Å². The van der Waals surface area contributed by atoms with Crippen LogP contribution in [0.4, 0.5) is 29.1 Å². The van der Waals surface area contributed by atoms with E-state index in [0.29, 0.717) is 0 Å². The summed E-state index contributed by atoms with van der Waals surface area (Å²) in [6.07, 6.45) is 3.94. The van der Waals surface area contributed by atoms with Crippen molar-refractivity contribution < 1.29 is 30.8 Å². The van der Waals surface area contributed by atoms with Gasteiger partial charge in [0.2, 0.25) is 15.9 Å². The molecule has 1 aromatic heterocycles. The van der Waals surface area contributed by atoms with Crippen molar-refractivity contribution in [2.24, 2.45) is 0 Å². The van der Waals surface area contributed by atoms with E-state index < -0.39 is 33.6 Å². The van der Waals surface area contributed by atoms with Crippen molar-refractivity contribution >= 4 is 33.5 Å². The molecule has 34 heavy (non-hydrogen) atoms. The van der Waals surface area contributed by atoms with Gasteiger partial charge in [0.25, 0.3) is 0 Å². The van der Waals surface area contributed by atoms with E-state index in [0.717, 1.165) is 24.5 Å². The van der Waals surface area contributed by atoms with E-state index in [1.165, 1.54) is 18.2 Å². The summed E-state index contributed by atoms with van der Waals surface area (Å²) in [5, 5.41) is 5.30. The van der Waals surface area contributed by atoms with Crippen LogP contribution in [-0.4, -0.2) is 31.6 Å². The molecule has 0 aliphatic carbocycles. The Kier molecular flexibility index (Phi) is 8.28. The molecular weight excluding hydrogens is 476 g/mol. The molecule has 0 bridgehead atoms. The van der Waals surface area contributed by atoms with Crippen LogP contribution in [0.15, 0.2) is 30.3 Å². The second-order valence-corrected chi connectivity index (χ2v) is 9.25. The highest BCUT2D eigenvalue weighted by atomic mass is 32.2. The predicted octanol–water partition coefficient (Wildman–Crippen LogP) is 3.74. The number of halogens is 4. The number of amides is 1. The van der Waals surface area contributed by atoms with Crippen LogP contribution < -0.4 is 15.4 Å². The molecule has 0 saturated heterocycles. The molecule has 0 atom stereocenters. The number of terminal acetylenes is 1. The van der Waals surface area contributed by atoms with Crippen LogP contribution in [0, 0.1) is 18.2 Å². The topological polar surface area (TPSA) is 100 Å². The van der Waals surface area contributed by atoms with Crippen molar-refractivity contribution in [3.05, 3.63) is 58.5 Å². The number of anilines is 2. The minimum atomic E-state index is -4.62. The van der Waals surface area contributed by atoms with Crippen LogP contribution in [0.25, 0.3) is 6.08 Å². The number of carbonyl (C=O) groups excluding carboxylic acids is 1. The first-order valence-electron chi connectivity index (χ1n) is 9.77. The fourth-order valence-corrected chi connectivity index (χ4v) is 3.31. The Hall–Kier alpha value is -3.59. The molecule has 1 aromatic carbocycles. The van der Waals surface area contributed by atoms with E-state index in [9.17, 15) is 30.8 Å². The zero-order valence-electron chi connectivity index (χ0n) is 18.4. The molecule has 0 unspecified atom stereocenters. The number of benzene rings is 1. The highest BCUT2D eigenvalue weighted by Gasteiger charge is 2.33. The van der Waals surface area contributed by atoms with Gasteiger partial charge < -0.3 is 10.6 Å². The summed E-state index contributed by atoms with van der Waals surface area (Å²) in [6.45, 7) is 3.31. The number of nitrogens with one attached hydrogen (secondary N) is 3. The highest BCUT2D eigenvalue weighted by Crippen LogP contribution is 2.30. The van der Waals surface area contributed by atoms with Gasteiger partial charge in [0, 0.05) is 24.2 Å². The van der Waals surface area contributed by atoms with E-state index in [1.54, 1.807) is 13.8 Å². The minimum Gasteiger partial charge on any atom is -0.367 e. The average molecular weight is 499 g/mol. The molecule has 0 aliphatic rings. The van der Waals surface area contributed by atoms with Crippen LogP contribution in [0.1, 0.15) is 36.2 Å². The molecule has 0 radical (unpaired) electrons. The molecule has 0 aliphatic heterocycles. The van der Waals surface area contributed by atoms with Crippen LogP contribution >= 0.6 is 0 Å². The maximum absolute atomic E-state index is 14.3. The Morgan fingerprint density at radius 2 is 1.94 bits per heavy atom. The fourth-order valence-electron chi connectivity index (χ4n) is 2.73. The number of nitrogens with zero attached hydrogens (tertiary/aromatic N) is 1. The molecule has 12 heteroatoms. The summed E-state index contributed by atoms with van der Waals surface area (Å²) >= 11 is 0. The van der Waals surface area contributed by atoms with Gasteiger partial charge in [0.05, 0.1) is 17.5 Å². The van der Waals surface area contributed by atoms with E-state index in [1.807, 2.05) is 4.72 Å². The number of hydrogen-bond donors (Lipinski definition) is 3. The molecule has 0 saturated carbocycles. The number of alkyl halides is 3. The normalized spacial score (nSPS) is 12.0. The number of rotatable bonds is 8. The van der Waals surface area contributed by atoms with Crippen molar-refractivity contribution in [3.63, 3.8) is 0 Å². The summed E-state index contributed by atoms with van der Waals surface area (Å²) < 4.78 is 78.0. The van der Waals surface area contributed by atoms with Gasteiger partial charge in [0.1, 0.15) is 17.3 Å². The molecule has 1 heterocycles. The first-order chi connectivity index (χ1) is 15.7. The molecule has 3 N–H and O–H groups in total. The zero-order valence-corrected chi connectivity index (χ0v) is 19.2. The smallest absolute Gasteiger partial charge is 0.367 e. The highest BCUT2D eigenvalue weighted by molar-refractivity contribution is 7.92. The second kappa shape index (κ2) is 10.6. The number of sulfonamides is 1. The molecule has 1 amide bonds. The Bertz CT molecular complexity index is 1250. The summed E-state index contributed by atoms with van der Waals surface area (Å²) in [5.41, 5.74) is -0.971. The van der Waals surface area contributed by atoms with Crippen molar-refractivity contribution in [3.8, 4) is 12.3 Å². The van der Waals surface area contributed by atoms with Crippen molar-refractivity contribution in [1.29, 1.82) is 0 Å². The van der Waals surface area contributed by atoms with Gasteiger partial charge in [-0.25, -0.2) is 17.8 Å². The lowest BCUT2D eigenvalue weighted by Crippen LogP contribution is -2.21. The lowest BCUT2D eigenvalue weighted by atomic mass is 10.1. The second-order valence-electron chi connectivity index (χ2n) is 7.50. The lowest BCUT2D eigenvalue weighted by Gasteiger charge is -2.14. The maximum Gasteiger partial charge on any atom is 0.433 e. The standard InChI is InChI=1S/C22H22F4N4O3S/c1-5-15-10-14(11-17(23)20(15)30-34(4,32)33)12-27-19(31)9-7-16-6-8-18(22(24,25)26)29-21(16)28-13(2)3/h1,6-11,13,30H,12H2,2-4H3,(H,27,31)(H,28,29)/b9-7+. The Labute approximate surface area is 194 Å². The van der Waals surface area contributed by atoms with Gasteiger partial charge in [-0.15, -0.1) is 6.42 Å². The fraction of sp³-hybridized carbons (Fsp3) is 0.273. The minimum absolute atomic E-state index is 0.0384. The van der Waals surface area contributed by atoms with Gasteiger partial charge in [0.15, 0.2) is 0 Å². The molecule has 7 nitrogen and oxygen atoms in total. The molecule has 2 aromatic rings. The maximum atomic E-state index is 14.3. The summed E-state index contributed by atoms with van der Waals surface area (Å²) in [4.78, 5) is 15.8. The number of carbonyl (C=O) groups is 1. The Morgan fingerprint density at radius 3 is 2.50 bits per heavy atom. The molecule has 0 fully saturated rings. The Balaban J connectivity index is 2.17. The number of pyridine rings is 1. The van der Waals surface area contributed by atoms with Crippen LogP contribution in [0.3, 0.4) is 0 Å². The van der Waals surface area contributed by atoms with E-state index in [2.05, 4.69) is 21.5 Å². The van der Waals surface area contributed by atoms with Gasteiger partial charge >= 0.3 is 6.18 Å². The Morgan fingerprint density at radius 1 is 1.26 bits per heavy atom. The third-order valence-corrected chi connectivity index (χ3v) is 4.69. The van der Waals surface area contributed by atoms with E-state index in [-0.39, 0.29) is 40.8 Å². The SMILES string of the molecule is C#Cc1cc(CNC(=O)/C=C/c2ccc(C(F)(F)F)nc2NC(C)C)cc(F)c1NS(C)(=O)=O. The summed E-state index contributed by atoms with van der Waals surface area (Å²) in [7, 11) is -3.76. The summed E-state index contributed by atoms with van der Waals surface area (Å²) in [5.74, 6) is 0.614.